The van der Waals surface area contributed by atoms with Crippen LogP contribution in [-0.2, 0) is 19.3 Å². The Morgan fingerprint density at radius 1 is 0.825 bits per heavy atom. The van der Waals surface area contributed by atoms with E-state index >= 15 is 0 Å². The third-order valence-electron chi connectivity index (χ3n) is 6.93. The molecule has 0 saturated heterocycles. The van der Waals surface area contributed by atoms with Gasteiger partial charge in [-0.15, -0.1) is 0 Å². The molecule has 7 heteroatoms. The smallest absolute Gasteiger partial charge is 0.202 e. The van der Waals surface area contributed by atoms with Crippen molar-refractivity contribution in [3.05, 3.63) is 74.9 Å². The molecule has 2 N–H and O–H groups in total. The molecule has 1 aliphatic rings. The van der Waals surface area contributed by atoms with Gasteiger partial charge in [-0.05, 0) is 72.4 Å². The fourth-order valence-electron chi connectivity index (χ4n) is 4.89. The molecule has 2 aromatic rings. The first-order valence-corrected chi connectivity index (χ1v) is 13.4. The van der Waals surface area contributed by atoms with Gasteiger partial charge in [0.15, 0.2) is 23.7 Å². The van der Waals surface area contributed by atoms with E-state index in [0.717, 1.165) is 27.8 Å². The molecule has 0 saturated carbocycles. The first kappa shape index (κ1) is 30.8. The standard InChI is InChI=1S/C33H42O7/c1-18(2)10-13-21-16-26(38-8)31(39-9)23(15-12-20(5)6)27(21)33-30(36)29(35)28-24(34)17-25(37-7)22(32(28)40-33)14-11-19(3)4/h10-12,16-17,30,33-34,36H,13-15H2,1-9H3/t30-,33+/m0/s1. The minimum absolute atomic E-state index is 0.0427. The average Bonchev–Trinajstić information content (AvgIpc) is 2.90. The van der Waals surface area contributed by atoms with Gasteiger partial charge < -0.3 is 29.2 Å². The number of hydrogen-bond acceptors (Lipinski definition) is 7. The van der Waals surface area contributed by atoms with Gasteiger partial charge in [-0.25, -0.2) is 0 Å². The van der Waals surface area contributed by atoms with Crippen molar-refractivity contribution in [2.45, 2.75) is 73.0 Å². The molecule has 0 spiro atoms. The van der Waals surface area contributed by atoms with Crippen LogP contribution in [0.3, 0.4) is 0 Å². The number of allylic oxidation sites excluding steroid dienone is 6. The first-order valence-electron chi connectivity index (χ1n) is 13.4. The van der Waals surface area contributed by atoms with Gasteiger partial charge in [-0.2, -0.15) is 0 Å². The van der Waals surface area contributed by atoms with Crippen molar-refractivity contribution in [3.8, 4) is 28.7 Å². The number of phenols is 1. The summed E-state index contributed by atoms with van der Waals surface area (Å²) in [5.41, 5.74) is 6.15. The van der Waals surface area contributed by atoms with Gasteiger partial charge >= 0.3 is 0 Å². The number of aromatic hydroxyl groups is 1. The van der Waals surface area contributed by atoms with Crippen LogP contribution in [0, 0.1) is 0 Å². The molecule has 0 aromatic heterocycles. The molecule has 3 rings (SSSR count). The zero-order valence-electron chi connectivity index (χ0n) is 25.1. The van der Waals surface area contributed by atoms with Crippen molar-refractivity contribution in [2.24, 2.45) is 0 Å². The van der Waals surface area contributed by atoms with Crippen LogP contribution in [0.5, 0.6) is 28.7 Å². The molecule has 0 aliphatic carbocycles. The first-order chi connectivity index (χ1) is 18.9. The lowest BCUT2D eigenvalue weighted by atomic mass is 9.84. The van der Waals surface area contributed by atoms with E-state index in [1.54, 1.807) is 14.2 Å². The van der Waals surface area contributed by atoms with E-state index in [-0.39, 0.29) is 17.1 Å². The molecule has 216 valence electrons. The van der Waals surface area contributed by atoms with Crippen molar-refractivity contribution in [1.29, 1.82) is 0 Å². The van der Waals surface area contributed by atoms with Crippen LogP contribution in [0.25, 0.3) is 0 Å². The summed E-state index contributed by atoms with van der Waals surface area (Å²) in [6.07, 6.45) is 4.95. The Labute approximate surface area is 237 Å². The molecule has 0 radical (unpaired) electrons. The summed E-state index contributed by atoms with van der Waals surface area (Å²) in [5, 5.41) is 22.3. The minimum Gasteiger partial charge on any atom is -0.507 e. The van der Waals surface area contributed by atoms with Crippen molar-refractivity contribution < 1.29 is 34.0 Å². The van der Waals surface area contributed by atoms with Crippen LogP contribution in [-0.4, -0.2) is 43.4 Å². The van der Waals surface area contributed by atoms with Gasteiger partial charge in [0, 0.05) is 22.8 Å². The van der Waals surface area contributed by atoms with Crippen LogP contribution in [0.15, 0.2) is 47.1 Å². The number of aliphatic hydroxyl groups excluding tert-OH is 1. The predicted octanol–water partition coefficient (Wildman–Crippen LogP) is 6.62. The maximum Gasteiger partial charge on any atom is 0.202 e. The van der Waals surface area contributed by atoms with Crippen LogP contribution in [0.2, 0.25) is 0 Å². The lowest BCUT2D eigenvalue weighted by Crippen LogP contribution is -2.38. The number of carbonyl (C=O) groups is 1. The second-order valence-corrected chi connectivity index (χ2v) is 10.7. The third-order valence-corrected chi connectivity index (χ3v) is 6.93. The van der Waals surface area contributed by atoms with Crippen molar-refractivity contribution in [1.82, 2.24) is 0 Å². The topological polar surface area (TPSA) is 94.5 Å². The van der Waals surface area contributed by atoms with E-state index in [1.807, 2.05) is 53.7 Å². The molecule has 0 bridgehead atoms. The minimum atomic E-state index is -1.56. The van der Waals surface area contributed by atoms with Gasteiger partial charge in [0.05, 0.1) is 21.3 Å². The summed E-state index contributed by atoms with van der Waals surface area (Å²) in [5.74, 6) is 0.784. The van der Waals surface area contributed by atoms with Gasteiger partial charge in [0.1, 0.15) is 22.8 Å². The molecule has 1 aliphatic heterocycles. The molecule has 40 heavy (non-hydrogen) atoms. The van der Waals surface area contributed by atoms with E-state index in [0.29, 0.717) is 47.6 Å². The van der Waals surface area contributed by atoms with Crippen LogP contribution in [0.4, 0.5) is 0 Å². The molecule has 2 aromatic carbocycles. The summed E-state index contributed by atoms with van der Waals surface area (Å²) >= 11 is 0. The third kappa shape index (κ3) is 6.36. The molecule has 2 atom stereocenters. The summed E-state index contributed by atoms with van der Waals surface area (Å²) in [4.78, 5) is 13.7. The molecule has 1 heterocycles. The number of ketones is 1. The van der Waals surface area contributed by atoms with Gasteiger partial charge in [0.2, 0.25) is 5.78 Å². The van der Waals surface area contributed by atoms with E-state index in [9.17, 15) is 15.0 Å². The van der Waals surface area contributed by atoms with E-state index in [4.69, 9.17) is 18.9 Å². The number of rotatable bonds is 10. The number of fused-ring (bicyclic) bond motifs is 1. The van der Waals surface area contributed by atoms with Crippen molar-refractivity contribution >= 4 is 5.78 Å². The van der Waals surface area contributed by atoms with Gasteiger partial charge in [-0.3, -0.25) is 4.79 Å². The zero-order valence-corrected chi connectivity index (χ0v) is 25.1. The Hall–Kier alpha value is -3.71. The molecule has 7 nitrogen and oxygen atoms in total. The van der Waals surface area contributed by atoms with Gasteiger partial charge in [0.25, 0.3) is 0 Å². The maximum absolute atomic E-state index is 13.7. The highest BCUT2D eigenvalue weighted by Gasteiger charge is 2.43. The second-order valence-electron chi connectivity index (χ2n) is 10.7. The Morgan fingerprint density at radius 2 is 1.38 bits per heavy atom. The quantitative estimate of drug-likeness (QED) is 0.321. The fourth-order valence-corrected chi connectivity index (χ4v) is 4.89. The monoisotopic (exact) mass is 550 g/mol. The number of carbonyl (C=O) groups excluding carboxylic acids is 1. The van der Waals surface area contributed by atoms with Crippen LogP contribution in [0.1, 0.15) is 80.3 Å². The van der Waals surface area contributed by atoms with E-state index < -0.39 is 18.0 Å². The number of aliphatic hydroxyl groups is 1. The number of Topliss-reactive ketones (excluding diaryl/α,β-unsaturated/α-hetero) is 1. The van der Waals surface area contributed by atoms with Crippen LogP contribution < -0.4 is 18.9 Å². The predicted molar refractivity (Wildman–Crippen MR) is 157 cm³/mol. The zero-order chi connectivity index (χ0) is 29.7. The SMILES string of the molecule is COc1cc(O)c2c(c1CC=C(C)C)O[C@H](c1c(CC=C(C)C)cc(OC)c(OC)c1CC=C(C)C)[C@@H](O)C2=O. The Morgan fingerprint density at radius 3 is 1.90 bits per heavy atom. The molecular weight excluding hydrogens is 508 g/mol. The number of methoxy groups -OCH3 is 3. The number of phenolic OH excluding ortho intramolecular Hbond substituents is 1. The Bertz CT molecular complexity index is 1350. The molecule has 0 fully saturated rings. The summed E-state index contributed by atoms with van der Waals surface area (Å²) in [6.45, 7) is 12.0. The summed E-state index contributed by atoms with van der Waals surface area (Å²) < 4.78 is 23.7. The van der Waals surface area contributed by atoms with Crippen LogP contribution >= 0.6 is 0 Å². The number of hydrogen-bond donors (Lipinski definition) is 2. The maximum atomic E-state index is 13.7. The number of ether oxygens (including phenoxy) is 4. The van der Waals surface area contributed by atoms with E-state index in [1.165, 1.54) is 13.2 Å². The lowest BCUT2D eigenvalue weighted by Gasteiger charge is -2.34. The second kappa shape index (κ2) is 13.1. The Balaban J connectivity index is 2.39. The van der Waals surface area contributed by atoms with Gasteiger partial charge in [-0.1, -0.05) is 34.9 Å². The molecular formula is C33H42O7. The lowest BCUT2D eigenvalue weighted by molar-refractivity contribution is 0.0200. The summed E-state index contributed by atoms with van der Waals surface area (Å²) in [7, 11) is 4.67. The summed E-state index contributed by atoms with van der Waals surface area (Å²) in [6, 6.07) is 3.28. The van der Waals surface area contributed by atoms with Crippen molar-refractivity contribution in [3.63, 3.8) is 0 Å². The molecule has 0 unspecified atom stereocenters. The Kier molecular flexibility index (Phi) is 10.1. The van der Waals surface area contributed by atoms with Crippen molar-refractivity contribution in [2.75, 3.05) is 21.3 Å². The number of benzene rings is 2. The highest BCUT2D eigenvalue weighted by Crippen LogP contribution is 2.49. The average molecular weight is 551 g/mol. The molecule has 0 amide bonds. The highest BCUT2D eigenvalue weighted by molar-refractivity contribution is 6.06. The normalized spacial score (nSPS) is 15.9. The fraction of sp³-hybridized carbons (Fsp3) is 0.424. The van der Waals surface area contributed by atoms with E-state index in [2.05, 4.69) is 12.2 Å². The highest BCUT2D eigenvalue weighted by atomic mass is 16.5. The largest absolute Gasteiger partial charge is 0.507 e.